The van der Waals surface area contributed by atoms with Crippen LogP contribution in [0.5, 0.6) is 0 Å². The van der Waals surface area contributed by atoms with E-state index in [1.165, 1.54) is 0 Å². The van der Waals surface area contributed by atoms with Crippen LogP contribution in [0.25, 0.3) is 0 Å². The van der Waals surface area contributed by atoms with E-state index in [0.717, 1.165) is 5.33 Å². The highest BCUT2D eigenvalue weighted by Gasteiger charge is 2.15. The van der Waals surface area contributed by atoms with Gasteiger partial charge in [0.2, 0.25) is 0 Å². The lowest BCUT2D eigenvalue weighted by Crippen LogP contribution is -2.25. The molecule has 0 aromatic carbocycles. The molecule has 0 heterocycles. The topological polar surface area (TPSA) is 9.23 Å². The first-order valence-corrected chi connectivity index (χ1v) is 3.55. The van der Waals surface area contributed by atoms with Gasteiger partial charge in [-0.25, -0.2) is 0 Å². The van der Waals surface area contributed by atoms with Gasteiger partial charge in [0, 0.05) is 12.4 Å². The van der Waals surface area contributed by atoms with Gasteiger partial charge in [-0.15, -0.1) is 6.58 Å². The van der Waals surface area contributed by atoms with E-state index in [-0.39, 0.29) is 5.60 Å². The second-order valence-corrected chi connectivity index (χ2v) is 2.42. The molecular formula is C6H11BrO. The normalized spacial score (nSPS) is 17.4. The molecule has 0 amide bonds. The van der Waals surface area contributed by atoms with Gasteiger partial charge in [-0.05, 0) is 6.92 Å². The Kier molecular flexibility index (Phi) is 3.33. The molecule has 0 aromatic rings. The number of ether oxygens (including phenoxy) is 1. The van der Waals surface area contributed by atoms with Crippen molar-refractivity contribution in [3.8, 4) is 0 Å². The monoisotopic (exact) mass is 178 g/mol. The molecule has 2 heteroatoms. The summed E-state index contributed by atoms with van der Waals surface area (Å²) in [5, 5.41) is 0.792. The number of alkyl halides is 1. The summed E-state index contributed by atoms with van der Waals surface area (Å²) >= 11 is 3.30. The molecule has 1 unspecified atom stereocenters. The van der Waals surface area contributed by atoms with E-state index in [1.807, 2.05) is 6.92 Å². The average molecular weight is 179 g/mol. The van der Waals surface area contributed by atoms with Crippen molar-refractivity contribution in [1.29, 1.82) is 0 Å². The van der Waals surface area contributed by atoms with Crippen molar-refractivity contribution < 1.29 is 4.74 Å². The molecule has 0 bridgehead atoms. The van der Waals surface area contributed by atoms with Crippen molar-refractivity contribution in [1.82, 2.24) is 0 Å². The van der Waals surface area contributed by atoms with Crippen LogP contribution >= 0.6 is 15.9 Å². The van der Waals surface area contributed by atoms with E-state index in [4.69, 9.17) is 4.74 Å². The fourth-order valence-corrected chi connectivity index (χ4v) is 0.650. The Balaban J connectivity index is 3.76. The molecule has 1 nitrogen and oxygen atoms in total. The smallest absolute Gasteiger partial charge is 0.0924 e. The van der Waals surface area contributed by atoms with Crippen molar-refractivity contribution in [3.63, 3.8) is 0 Å². The van der Waals surface area contributed by atoms with Crippen LogP contribution in [-0.4, -0.2) is 18.0 Å². The summed E-state index contributed by atoms with van der Waals surface area (Å²) in [5.41, 5.74) is -0.194. The lowest BCUT2D eigenvalue weighted by Gasteiger charge is -2.19. The first kappa shape index (κ1) is 8.18. The summed E-state index contributed by atoms with van der Waals surface area (Å²) < 4.78 is 5.07. The van der Waals surface area contributed by atoms with Crippen LogP contribution < -0.4 is 0 Å². The maximum absolute atomic E-state index is 5.07. The summed E-state index contributed by atoms with van der Waals surface area (Å²) in [7, 11) is 1.67. The summed E-state index contributed by atoms with van der Waals surface area (Å²) in [6.07, 6.45) is 1.78. The predicted molar refractivity (Wildman–Crippen MR) is 39.4 cm³/mol. The van der Waals surface area contributed by atoms with Crippen LogP contribution in [0, 0.1) is 0 Å². The van der Waals surface area contributed by atoms with Crippen molar-refractivity contribution in [2.75, 3.05) is 12.4 Å². The number of methoxy groups -OCH3 is 1. The van der Waals surface area contributed by atoms with Crippen molar-refractivity contribution in [3.05, 3.63) is 12.7 Å². The van der Waals surface area contributed by atoms with Gasteiger partial charge in [-0.2, -0.15) is 0 Å². The van der Waals surface area contributed by atoms with E-state index in [0.29, 0.717) is 0 Å². The number of hydrogen-bond donors (Lipinski definition) is 0. The molecule has 0 aliphatic heterocycles. The van der Waals surface area contributed by atoms with Crippen LogP contribution in [0.15, 0.2) is 12.7 Å². The Bertz CT molecular complexity index is 76.6. The van der Waals surface area contributed by atoms with Gasteiger partial charge >= 0.3 is 0 Å². The third-order valence-electron chi connectivity index (χ3n) is 1.16. The minimum atomic E-state index is -0.194. The minimum Gasteiger partial charge on any atom is -0.374 e. The zero-order valence-electron chi connectivity index (χ0n) is 5.28. The molecule has 0 fully saturated rings. The Morgan fingerprint density at radius 3 is 2.38 bits per heavy atom. The molecule has 8 heavy (non-hydrogen) atoms. The highest BCUT2D eigenvalue weighted by Crippen LogP contribution is 2.12. The third kappa shape index (κ3) is 1.97. The van der Waals surface area contributed by atoms with E-state index in [9.17, 15) is 0 Å². The second-order valence-electron chi connectivity index (χ2n) is 1.85. The fraction of sp³-hybridized carbons (Fsp3) is 0.667. The molecule has 0 saturated carbocycles. The Labute approximate surface area is 58.9 Å². The molecule has 0 aromatic heterocycles. The maximum Gasteiger partial charge on any atom is 0.0924 e. The summed E-state index contributed by atoms with van der Waals surface area (Å²) in [5.74, 6) is 0. The van der Waals surface area contributed by atoms with Crippen molar-refractivity contribution in [2.45, 2.75) is 12.5 Å². The SMILES string of the molecule is C=CC(C)(CBr)OC. The predicted octanol–water partition coefficient (Wildman–Crippen LogP) is 1.97. The van der Waals surface area contributed by atoms with Gasteiger partial charge in [0.1, 0.15) is 0 Å². The molecule has 0 spiro atoms. The van der Waals surface area contributed by atoms with Gasteiger partial charge < -0.3 is 4.74 Å². The average Bonchev–Trinajstić information content (AvgIpc) is 1.87. The number of hydrogen-bond acceptors (Lipinski definition) is 1. The number of halogens is 1. The molecular weight excluding hydrogens is 168 g/mol. The summed E-state index contributed by atoms with van der Waals surface area (Å²) in [6, 6.07) is 0. The van der Waals surface area contributed by atoms with E-state index in [2.05, 4.69) is 22.5 Å². The van der Waals surface area contributed by atoms with Crippen molar-refractivity contribution in [2.24, 2.45) is 0 Å². The van der Waals surface area contributed by atoms with Gasteiger partial charge in [0.05, 0.1) is 5.60 Å². The van der Waals surface area contributed by atoms with Crippen LogP contribution in [0.4, 0.5) is 0 Å². The molecule has 1 atom stereocenters. The first-order valence-electron chi connectivity index (χ1n) is 2.43. The molecule has 0 rings (SSSR count). The lowest BCUT2D eigenvalue weighted by atomic mass is 10.1. The molecule has 0 saturated heterocycles. The molecule has 48 valence electrons. The second kappa shape index (κ2) is 3.25. The van der Waals surface area contributed by atoms with E-state index in [1.54, 1.807) is 13.2 Å². The third-order valence-corrected chi connectivity index (χ3v) is 2.28. The Hall–Kier alpha value is 0.180. The molecule has 0 aliphatic carbocycles. The fourth-order valence-electron chi connectivity index (χ4n) is 0.192. The van der Waals surface area contributed by atoms with Crippen LogP contribution in [0.1, 0.15) is 6.92 Å². The standard InChI is InChI=1S/C6H11BrO/c1-4-6(2,5-7)8-3/h4H,1,5H2,2-3H3. The molecule has 0 radical (unpaired) electrons. The summed E-state index contributed by atoms with van der Waals surface area (Å²) in [6.45, 7) is 5.59. The molecule has 0 N–H and O–H groups in total. The number of rotatable bonds is 3. The highest BCUT2D eigenvalue weighted by atomic mass is 79.9. The first-order chi connectivity index (χ1) is 3.68. The quantitative estimate of drug-likeness (QED) is 0.475. The highest BCUT2D eigenvalue weighted by molar-refractivity contribution is 9.09. The van der Waals surface area contributed by atoms with Gasteiger partial charge in [0.15, 0.2) is 0 Å². The van der Waals surface area contributed by atoms with Crippen LogP contribution in [0.2, 0.25) is 0 Å². The largest absolute Gasteiger partial charge is 0.374 e. The zero-order chi connectivity index (χ0) is 6.62. The van der Waals surface area contributed by atoms with E-state index < -0.39 is 0 Å². The minimum absolute atomic E-state index is 0.194. The van der Waals surface area contributed by atoms with Crippen LogP contribution in [0.3, 0.4) is 0 Å². The van der Waals surface area contributed by atoms with E-state index >= 15 is 0 Å². The Morgan fingerprint density at radius 1 is 1.88 bits per heavy atom. The van der Waals surface area contributed by atoms with Crippen LogP contribution in [-0.2, 0) is 4.74 Å². The maximum atomic E-state index is 5.07. The molecule has 0 aliphatic rings. The lowest BCUT2D eigenvalue weighted by molar-refractivity contribution is 0.0711. The van der Waals surface area contributed by atoms with Crippen molar-refractivity contribution >= 4 is 15.9 Å². The van der Waals surface area contributed by atoms with Gasteiger partial charge in [-0.3, -0.25) is 0 Å². The Morgan fingerprint density at radius 2 is 2.38 bits per heavy atom. The summed E-state index contributed by atoms with van der Waals surface area (Å²) in [4.78, 5) is 0. The van der Waals surface area contributed by atoms with Gasteiger partial charge in [-0.1, -0.05) is 22.0 Å². The zero-order valence-corrected chi connectivity index (χ0v) is 6.86. The van der Waals surface area contributed by atoms with Gasteiger partial charge in [0.25, 0.3) is 0 Å².